The van der Waals surface area contributed by atoms with E-state index < -0.39 is 0 Å². The number of aromatic nitrogens is 5. The molecule has 6 heteroatoms. The first-order valence-corrected chi connectivity index (χ1v) is 6.95. The first-order chi connectivity index (χ1) is 9.74. The number of allylic oxidation sites excluding steroid dienone is 1. The van der Waals surface area contributed by atoms with E-state index in [4.69, 9.17) is 0 Å². The fourth-order valence-electron chi connectivity index (χ4n) is 2.11. The molecule has 1 N–H and O–H groups in total. The van der Waals surface area contributed by atoms with Crippen molar-refractivity contribution in [2.75, 3.05) is 0 Å². The van der Waals surface area contributed by atoms with Gasteiger partial charge < -0.3 is 9.88 Å². The lowest BCUT2D eigenvalue weighted by Gasteiger charge is -2.06. The third-order valence-electron chi connectivity index (χ3n) is 3.12. The molecule has 2 heterocycles. The lowest BCUT2D eigenvalue weighted by Crippen LogP contribution is -2.17. The highest BCUT2D eigenvalue weighted by atomic mass is 15.3. The second kappa shape index (κ2) is 7.00. The Morgan fingerprint density at radius 3 is 3.00 bits per heavy atom. The van der Waals surface area contributed by atoms with Gasteiger partial charge in [0.25, 0.3) is 0 Å². The zero-order valence-corrected chi connectivity index (χ0v) is 12.2. The molecule has 0 spiro atoms. The summed E-state index contributed by atoms with van der Waals surface area (Å²) in [4.78, 5) is 0. The molecule has 0 fully saturated rings. The standard InChI is InChI=1S/C14H22N6/c1-4-6-19-11-16-17-14(19)9-15-8-13-10-20(7-5-2)18-12(13)3/h5,10-11,15H,2,4,6-9H2,1,3H3. The second-order valence-corrected chi connectivity index (χ2v) is 4.79. The van der Waals surface area contributed by atoms with Crippen LogP contribution in [0.25, 0.3) is 0 Å². The van der Waals surface area contributed by atoms with Crippen LogP contribution in [0.15, 0.2) is 25.2 Å². The van der Waals surface area contributed by atoms with E-state index in [1.807, 2.05) is 17.7 Å². The Kier molecular flexibility index (Phi) is 5.06. The van der Waals surface area contributed by atoms with Crippen LogP contribution in [-0.4, -0.2) is 24.5 Å². The summed E-state index contributed by atoms with van der Waals surface area (Å²) in [6, 6.07) is 0. The van der Waals surface area contributed by atoms with Crippen molar-refractivity contribution >= 4 is 0 Å². The Balaban J connectivity index is 1.89. The van der Waals surface area contributed by atoms with E-state index in [9.17, 15) is 0 Å². The Hall–Kier alpha value is -1.95. The van der Waals surface area contributed by atoms with Crippen molar-refractivity contribution in [2.24, 2.45) is 0 Å². The van der Waals surface area contributed by atoms with Crippen LogP contribution in [0.3, 0.4) is 0 Å². The smallest absolute Gasteiger partial charge is 0.146 e. The van der Waals surface area contributed by atoms with Gasteiger partial charge in [0.2, 0.25) is 0 Å². The van der Waals surface area contributed by atoms with Gasteiger partial charge in [-0.05, 0) is 13.3 Å². The molecule has 0 saturated heterocycles. The Morgan fingerprint density at radius 1 is 1.40 bits per heavy atom. The third kappa shape index (κ3) is 3.54. The molecular weight excluding hydrogens is 252 g/mol. The molecule has 2 aromatic heterocycles. The maximum absolute atomic E-state index is 4.44. The fraction of sp³-hybridized carbons (Fsp3) is 0.500. The van der Waals surface area contributed by atoms with Crippen LogP contribution in [0.5, 0.6) is 0 Å². The summed E-state index contributed by atoms with van der Waals surface area (Å²) in [6.07, 6.45) is 6.77. The molecule has 6 nitrogen and oxygen atoms in total. The molecule has 2 aromatic rings. The van der Waals surface area contributed by atoms with Crippen molar-refractivity contribution in [3.05, 3.63) is 42.3 Å². The number of aryl methyl sites for hydroxylation is 2. The first-order valence-electron chi connectivity index (χ1n) is 6.95. The van der Waals surface area contributed by atoms with Crippen LogP contribution in [0, 0.1) is 6.92 Å². The van der Waals surface area contributed by atoms with Crippen molar-refractivity contribution in [1.82, 2.24) is 29.9 Å². The van der Waals surface area contributed by atoms with Crippen LogP contribution >= 0.6 is 0 Å². The summed E-state index contributed by atoms with van der Waals surface area (Å²) >= 11 is 0. The van der Waals surface area contributed by atoms with Crippen molar-refractivity contribution in [3.63, 3.8) is 0 Å². The van der Waals surface area contributed by atoms with Gasteiger partial charge in [0, 0.05) is 24.8 Å². The van der Waals surface area contributed by atoms with Crippen LogP contribution in [-0.2, 0) is 26.2 Å². The lowest BCUT2D eigenvalue weighted by atomic mass is 10.2. The molecule has 108 valence electrons. The summed E-state index contributed by atoms with van der Waals surface area (Å²) in [5, 5.41) is 15.9. The van der Waals surface area contributed by atoms with Gasteiger partial charge >= 0.3 is 0 Å². The van der Waals surface area contributed by atoms with Gasteiger partial charge in [0.1, 0.15) is 12.2 Å². The Labute approximate surface area is 119 Å². The maximum atomic E-state index is 4.44. The SMILES string of the molecule is C=CCn1cc(CNCc2nncn2CCC)c(C)n1. The van der Waals surface area contributed by atoms with E-state index in [1.54, 1.807) is 6.33 Å². The number of nitrogens with one attached hydrogen (secondary N) is 1. The highest BCUT2D eigenvalue weighted by Crippen LogP contribution is 2.06. The van der Waals surface area contributed by atoms with Gasteiger partial charge in [0.15, 0.2) is 0 Å². The molecule has 0 atom stereocenters. The minimum Gasteiger partial charge on any atom is -0.317 e. The molecule has 0 bridgehead atoms. The molecule has 0 aromatic carbocycles. The van der Waals surface area contributed by atoms with Crippen LogP contribution in [0.2, 0.25) is 0 Å². The molecular formula is C14H22N6. The van der Waals surface area contributed by atoms with Crippen LogP contribution in [0.4, 0.5) is 0 Å². The van der Waals surface area contributed by atoms with Crippen molar-refractivity contribution in [3.8, 4) is 0 Å². The van der Waals surface area contributed by atoms with E-state index >= 15 is 0 Å². The zero-order chi connectivity index (χ0) is 14.4. The molecule has 0 aliphatic carbocycles. The topological polar surface area (TPSA) is 60.6 Å². The largest absolute Gasteiger partial charge is 0.317 e. The van der Waals surface area contributed by atoms with Gasteiger partial charge in [0.05, 0.1) is 18.8 Å². The highest BCUT2D eigenvalue weighted by molar-refractivity contribution is 5.15. The quantitative estimate of drug-likeness (QED) is 0.744. The van der Waals surface area contributed by atoms with Crippen molar-refractivity contribution < 1.29 is 0 Å². The molecule has 0 aliphatic heterocycles. The van der Waals surface area contributed by atoms with E-state index in [0.717, 1.165) is 37.6 Å². The monoisotopic (exact) mass is 274 g/mol. The number of rotatable bonds is 8. The summed E-state index contributed by atoms with van der Waals surface area (Å²) in [5.41, 5.74) is 2.25. The number of hydrogen-bond donors (Lipinski definition) is 1. The summed E-state index contributed by atoms with van der Waals surface area (Å²) in [5.74, 6) is 0.975. The Bertz CT molecular complexity index is 554. The predicted molar refractivity (Wildman–Crippen MR) is 78.0 cm³/mol. The van der Waals surface area contributed by atoms with Crippen LogP contribution in [0.1, 0.15) is 30.4 Å². The average Bonchev–Trinajstić information content (AvgIpc) is 2.99. The number of hydrogen-bond acceptors (Lipinski definition) is 4. The second-order valence-electron chi connectivity index (χ2n) is 4.79. The van der Waals surface area contributed by atoms with Crippen molar-refractivity contribution in [1.29, 1.82) is 0 Å². The molecule has 0 aliphatic rings. The lowest BCUT2D eigenvalue weighted by molar-refractivity contribution is 0.587. The van der Waals surface area contributed by atoms with E-state index in [0.29, 0.717) is 6.54 Å². The highest BCUT2D eigenvalue weighted by Gasteiger charge is 2.06. The molecule has 0 radical (unpaired) electrons. The van der Waals surface area contributed by atoms with Gasteiger partial charge in [-0.25, -0.2) is 0 Å². The zero-order valence-electron chi connectivity index (χ0n) is 12.2. The minimum atomic E-state index is 0.714. The van der Waals surface area contributed by atoms with E-state index in [1.165, 1.54) is 5.56 Å². The molecule has 0 amide bonds. The van der Waals surface area contributed by atoms with E-state index in [-0.39, 0.29) is 0 Å². The molecule has 2 rings (SSSR count). The van der Waals surface area contributed by atoms with Gasteiger partial charge in [-0.2, -0.15) is 5.10 Å². The predicted octanol–water partition coefficient (Wildman–Crippen LogP) is 1.67. The number of nitrogens with zero attached hydrogens (tertiary/aromatic N) is 5. The van der Waals surface area contributed by atoms with Gasteiger partial charge in [-0.3, -0.25) is 4.68 Å². The van der Waals surface area contributed by atoms with E-state index in [2.05, 4.69) is 44.9 Å². The molecule has 0 unspecified atom stereocenters. The average molecular weight is 274 g/mol. The van der Waals surface area contributed by atoms with Crippen molar-refractivity contribution in [2.45, 2.75) is 46.4 Å². The molecule has 0 saturated carbocycles. The summed E-state index contributed by atoms with van der Waals surface area (Å²) in [7, 11) is 0. The van der Waals surface area contributed by atoms with Gasteiger partial charge in [-0.1, -0.05) is 13.0 Å². The van der Waals surface area contributed by atoms with Crippen LogP contribution < -0.4 is 5.32 Å². The maximum Gasteiger partial charge on any atom is 0.146 e. The fourth-order valence-corrected chi connectivity index (χ4v) is 2.11. The summed E-state index contributed by atoms with van der Waals surface area (Å²) in [6.45, 7) is 11.1. The molecule has 20 heavy (non-hydrogen) atoms. The third-order valence-corrected chi connectivity index (χ3v) is 3.12. The van der Waals surface area contributed by atoms with Gasteiger partial charge in [-0.15, -0.1) is 16.8 Å². The minimum absolute atomic E-state index is 0.714. The Morgan fingerprint density at radius 2 is 2.25 bits per heavy atom. The summed E-state index contributed by atoms with van der Waals surface area (Å²) < 4.78 is 3.99. The normalized spacial score (nSPS) is 10.9. The first kappa shape index (κ1) is 14.5.